The summed E-state index contributed by atoms with van der Waals surface area (Å²) in [6.07, 6.45) is 2.80. The lowest BCUT2D eigenvalue weighted by atomic mass is 10.1. The molecule has 1 atom stereocenters. The molecule has 0 aliphatic heterocycles. The van der Waals surface area contributed by atoms with E-state index in [1.165, 1.54) is 0 Å². The first-order valence-electron chi connectivity index (χ1n) is 5.00. The van der Waals surface area contributed by atoms with Gasteiger partial charge in [0.25, 0.3) is 0 Å². The van der Waals surface area contributed by atoms with Crippen LogP contribution in [0.2, 0.25) is 0 Å². The lowest BCUT2D eigenvalue weighted by molar-refractivity contribution is 0.121. The largest absolute Gasteiger partial charge is 0.379 e. The van der Waals surface area contributed by atoms with E-state index in [1.807, 2.05) is 19.1 Å². The summed E-state index contributed by atoms with van der Waals surface area (Å²) in [4.78, 5) is 4.19. The molecule has 0 saturated carbocycles. The quantitative estimate of drug-likeness (QED) is 0.727. The van der Waals surface area contributed by atoms with Crippen LogP contribution in [0.3, 0.4) is 0 Å². The SMILES string of the molecule is CCCOCC(N)c1cccnc1C. The van der Waals surface area contributed by atoms with E-state index in [-0.39, 0.29) is 6.04 Å². The highest BCUT2D eigenvalue weighted by Crippen LogP contribution is 2.13. The Bertz CT molecular complexity index is 276. The Labute approximate surface area is 85.3 Å². The zero-order valence-electron chi connectivity index (χ0n) is 8.86. The maximum absolute atomic E-state index is 5.97. The number of aromatic nitrogens is 1. The van der Waals surface area contributed by atoms with Crippen LogP contribution in [0.25, 0.3) is 0 Å². The van der Waals surface area contributed by atoms with Gasteiger partial charge in [-0.2, -0.15) is 0 Å². The number of nitrogens with two attached hydrogens (primary N) is 1. The Morgan fingerprint density at radius 1 is 1.57 bits per heavy atom. The van der Waals surface area contributed by atoms with E-state index in [2.05, 4.69) is 11.9 Å². The Morgan fingerprint density at radius 2 is 2.36 bits per heavy atom. The first-order valence-corrected chi connectivity index (χ1v) is 5.00. The Morgan fingerprint density at radius 3 is 3.00 bits per heavy atom. The van der Waals surface area contributed by atoms with Gasteiger partial charge in [-0.15, -0.1) is 0 Å². The van der Waals surface area contributed by atoms with Gasteiger partial charge in [0.1, 0.15) is 0 Å². The molecule has 14 heavy (non-hydrogen) atoms. The number of hydrogen-bond acceptors (Lipinski definition) is 3. The lowest BCUT2D eigenvalue weighted by Crippen LogP contribution is -2.18. The summed E-state index contributed by atoms with van der Waals surface area (Å²) in [5, 5.41) is 0. The molecule has 0 aromatic carbocycles. The Kier molecular flexibility index (Phi) is 4.56. The van der Waals surface area contributed by atoms with Gasteiger partial charge in [0, 0.05) is 18.5 Å². The number of rotatable bonds is 5. The minimum atomic E-state index is -0.0600. The fourth-order valence-electron chi connectivity index (χ4n) is 1.33. The molecule has 3 heteroatoms. The molecule has 0 saturated heterocycles. The van der Waals surface area contributed by atoms with Gasteiger partial charge in [-0.05, 0) is 25.0 Å². The number of pyridine rings is 1. The van der Waals surface area contributed by atoms with Crippen LogP contribution in [-0.2, 0) is 4.74 Å². The molecule has 0 bridgehead atoms. The second-order valence-electron chi connectivity index (χ2n) is 3.36. The average Bonchev–Trinajstić information content (AvgIpc) is 2.18. The fraction of sp³-hybridized carbons (Fsp3) is 0.545. The maximum Gasteiger partial charge on any atom is 0.0660 e. The normalized spacial score (nSPS) is 12.8. The fourth-order valence-corrected chi connectivity index (χ4v) is 1.33. The second kappa shape index (κ2) is 5.73. The Balaban J connectivity index is 2.51. The molecule has 2 N–H and O–H groups in total. The van der Waals surface area contributed by atoms with Crippen LogP contribution in [-0.4, -0.2) is 18.2 Å². The third kappa shape index (κ3) is 3.09. The first kappa shape index (κ1) is 11.1. The molecular weight excluding hydrogens is 176 g/mol. The van der Waals surface area contributed by atoms with Gasteiger partial charge < -0.3 is 10.5 Å². The minimum Gasteiger partial charge on any atom is -0.379 e. The predicted octanol–water partition coefficient (Wildman–Crippen LogP) is 1.82. The zero-order valence-corrected chi connectivity index (χ0v) is 8.86. The highest BCUT2D eigenvalue weighted by atomic mass is 16.5. The zero-order chi connectivity index (χ0) is 10.4. The molecule has 1 aromatic rings. The number of hydrogen-bond donors (Lipinski definition) is 1. The van der Waals surface area contributed by atoms with Crippen LogP contribution in [0.1, 0.15) is 30.6 Å². The van der Waals surface area contributed by atoms with E-state index in [4.69, 9.17) is 10.5 Å². The van der Waals surface area contributed by atoms with Crippen molar-refractivity contribution < 1.29 is 4.74 Å². The molecule has 1 heterocycles. The molecule has 0 aliphatic carbocycles. The van der Waals surface area contributed by atoms with Crippen molar-refractivity contribution in [3.8, 4) is 0 Å². The number of nitrogens with zero attached hydrogens (tertiary/aromatic N) is 1. The summed E-state index contributed by atoms with van der Waals surface area (Å²) in [5.74, 6) is 0. The maximum atomic E-state index is 5.97. The first-order chi connectivity index (χ1) is 6.75. The van der Waals surface area contributed by atoms with Crippen LogP contribution in [0.15, 0.2) is 18.3 Å². The van der Waals surface area contributed by atoms with E-state index in [0.29, 0.717) is 6.61 Å². The standard InChI is InChI=1S/C11H18N2O/c1-3-7-14-8-11(12)10-5-4-6-13-9(10)2/h4-6,11H,3,7-8,12H2,1-2H3. The smallest absolute Gasteiger partial charge is 0.0660 e. The van der Waals surface area contributed by atoms with Crippen LogP contribution in [0, 0.1) is 6.92 Å². The van der Waals surface area contributed by atoms with Crippen molar-refractivity contribution in [2.75, 3.05) is 13.2 Å². The minimum absolute atomic E-state index is 0.0600. The molecule has 0 spiro atoms. The van der Waals surface area contributed by atoms with Gasteiger partial charge in [0.2, 0.25) is 0 Å². The molecule has 1 unspecified atom stereocenters. The van der Waals surface area contributed by atoms with Crippen molar-refractivity contribution in [2.24, 2.45) is 5.73 Å². The van der Waals surface area contributed by atoms with Crippen molar-refractivity contribution >= 4 is 0 Å². The van der Waals surface area contributed by atoms with E-state index in [9.17, 15) is 0 Å². The molecule has 0 amide bonds. The predicted molar refractivity (Wildman–Crippen MR) is 57.0 cm³/mol. The topological polar surface area (TPSA) is 48.1 Å². The molecule has 0 radical (unpaired) electrons. The Hall–Kier alpha value is -0.930. The summed E-state index contributed by atoms with van der Waals surface area (Å²) in [6.45, 7) is 5.39. The van der Waals surface area contributed by atoms with Gasteiger partial charge in [-0.3, -0.25) is 4.98 Å². The number of aryl methyl sites for hydroxylation is 1. The molecule has 1 aromatic heterocycles. The van der Waals surface area contributed by atoms with Gasteiger partial charge in [0.05, 0.1) is 12.6 Å². The average molecular weight is 194 g/mol. The molecule has 3 nitrogen and oxygen atoms in total. The second-order valence-corrected chi connectivity index (χ2v) is 3.36. The third-order valence-corrected chi connectivity index (χ3v) is 2.09. The van der Waals surface area contributed by atoms with E-state index in [1.54, 1.807) is 6.20 Å². The summed E-state index contributed by atoms with van der Waals surface area (Å²) in [5.41, 5.74) is 8.03. The van der Waals surface area contributed by atoms with Gasteiger partial charge in [0.15, 0.2) is 0 Å². The van der Waals surface area contributed by atoms with E-state index in [0.717, 1.165) is 24.3 Å². The monoisotopic (exact) mass is 194 g/mol. The van der Waals surface area contributed by atoms with Crippen molar-refractivity contribution in [3.05, 3.63) is 29.6 Å². The van der Waals surface area contributed by atoms with E-state index < -0.39 is 0 Å². The van der Waals surface area contributed by atoms with Gasteiger partial charge in [-0.25, -0.2) is 0 Å². The van der Waals surface area contributed by atoms with Crippen LogP contribution in [0.4, 0.5) is 0 Å². The molecule has 78 valence electrons. The molecule has 1 rings (SSSR count). The van der Waals surface area contributed by atoms with Crippen molar-refractivity contribution in [1.82, 2.24) is 4.98 Å². The third-order valence-electron chi connectivity index (χ3n) is 2.09. The summed E-state index contributed by atoms with van der Waals surface area (Å²) in [7, 11) is 0. The van der Waals surface area contributed by atoms with Gasteiger partial charge >= 0.3 is 0 Å². The van der Waals surface area contributed by atoms with Crippen molar-refractivity contribution in [1.29, 1.82) is 0 Å². The molecule has 0 aliphatic rings. The molecule has 0 fully saturated rings. The van der Waals surface area contributed by atoms with Crippen molar-refractivity contribution in [3.63, 3.8) is 0 Å². The van der Waals surface area contributed by atoms with Crippen molar-refractivity contribution in [2.45, 2.75) is 26.3 Å². The summed E-state index contributed by atoms with van der Waals surface area (Å²) < 4.78 is 5.40. The highest BCUT2D eigenvalue weighted by molar-refractivity contribution is 5.21. The van der Waals surface area contributed by atoms with Crippen LogP contribution < -0.4 is 5.73 Å². The van der Waals surface area contributed by atoms with E-state index >= 15 is 0 Å². The van der Waals surface area contributed by atoms with Crippen LogP contribution in [0.5, 0.6) is 0 Å². The van der Waals surface area contributed by atoms with Gasteiger partial charge in [-0.1, -0.05) is 13.0 Å². The highest BCUT2D eigenvalue weighted by Gasteiger charge is 2.08. The lowest BCUT2D eigenvalue weighted by Gasteiger charge is -2.13. The molecular formula is C11H18N2O. The van der Waals surface area contributed by atoms with Crippen LogP contribution >= 0.6 is 0 Å². The summed E-state index contributed by atoms with van der Waals surface area (Å²) in [6, 6.07) is 3.85. The summed E-state index contributed by atoms with van der Waals surface area (Å²) >= 11 is 0. The number of ether oxygens (including phenoxy) is 1.